The maximum atomic E-state index is 13.5. The number of benzene rings is 2. The summed E-state index contributed by atoms with van der Waals surface area (Å²) in [5.74, 6) is -0.286. The minimum atomic E-state index is -0.286. The van der Waals surface area contributed by atoms with Crippen molar-refractivity contribution < 1.29 is 4.39 Å². The summed E-state index contributed by atoms with van der Waals surface area (Å²) in [6.07, 6.45) is 0. The summed E-state index contributed by atoms with van der Waals surface area (Å²) in [6.45, 7) is 0. The van der Waals surface area contributed by atoms with Gasteiger partial charge < -0.3 is 5.73 Å². The molecule has 3 rings (SSSR count). The number of hydrogen-bond acceptors (Lipinski definition) is 3. The Hall–Kier alpha value is -1.46. The Labute approximate surface area is 115 Å². The number of anilines is 1. The molecule has 2 nitrogen and oxygen atoms in total. The molecule has 1 heterocycles. The summed E-state index contributed by atoms with van der Waals surface area (Å²) >= 11 is 4.64. The Kier molecular flexibility index (Phi) is 2.80. The highest BCUT2D eigenvalue weighted by atomic mass is 79.9. The van der Waals surface area contributed by atoms with E-state index >= 15 is 0 Å². The smallest absolute Gasteiger partial charge is 0.138 e. The van der Waals surface area contributed by atoms with Gasteiger partial charge in [0.1, 0.15) is 10.8 Å². The van der Waals surface area contributed by atoms with Crippen LogP contribution in [0.5, 0.6) is 0 Å². The van der Waals surface area contributed by atoms with E-state index in [2.05, 4.69) is 20.9 Å². The average molecular weight is 323 g/mol. The van der Waals surface area contributed by atoms with Gasteiger partial charge in [0.2, 0.25) is 0 Å². The van der Waals surface area contributed by atoms with Crippen LogP contribution in [-0.4, -0.2) is 4.98 Å². The minimum absolute atomic E-state index is 0.286. The van der Waals surface area contributed by atoms with Crippen molar-refractivity contribution >= 4 is 43.2 Å². The molecule has 2 N–H and O–H groups in total. The highest BCUT2D eigenvalue weighted by Gasteiger charge is 2.08. The van der Waals surface area contributed by atoms with Gasteiger partial charge in [-0.3, -0.25) is 0 Å². The number of hydrogen-bond donors (Lipinski definition) is 1. The first-order chi connectivity index (χ1) is 8.63. The molecular formula is C13H8BrFN2S. The molecular weight excluding hydrogens is 315 g/mol. The fourth-order valence-corrected chi connectivity index (χ4v) is 2.95. The van der Waals surface area contributed by atoms with Crippen molar-refractivity contribution in [2.24, 2.45) is 0 Å². The first kappa shape index (κ1) is 11.6. The average Bonchev–Trinajstić information content (AvgIpc) is 2.75. The van der Waals surface area contributed by atoms with Gasteiger partial charge in [-0.05, 0) is 46.3 Å². The van der Waals surface area contributed by atoms with Crippen LogP contribution in [0, 0.1) is 5.82 Å². The number of halogens is 2. The molecule has 0 fully saturated rings. The van der Waals surface area contributed by atoms with E-state index in [1.165, 1.54) is 17.4 Å². The number of nitrogens with zero attached hydrogens (tertiary/aromatic N) is 1. The zero-order valence-electron chi connectivity index (χ0n) is 9.15. The second kappa shape index (κ2) is 4.33. The van der Waals surface area contributed by atoms with Crippen LogP contribution >= 0.6 is 27.3 Å². The van der Waals surface area contributed by atoms with Crippen LogP contribution in [0.4, 0.5) is 10.1 Å². The van der Waals surface area contributed by atoms with E-state index in [1.54, 1.807) is 6.07 Å². The highest BCUT2D eigenvalue weighted by Crippen LogP contribution is 2.32. The Morgan fingerprint density at radius 3 is 2.78 bits per heavy atom. The second-order valence-corrected chi connectivity index (χ2v) is 5.76. The highest BCUT2D eigenvalue weighted by molar-refractivity contribution is 9.10. The predicted octanol–water partition coefficient (Wildman–Crippen LogP) is 4.45. The van der Waals surface area contributed by atoms with Gasteiger partial charge in [0, 0.05) is 11.3 Å². The summed E-state index contributed by atoms with van der Waals surface area (Å²) < 4.78 is 15.0. The number of fused-ring (bicyclic) bond motifs is 1. The summed E-state index contributed by atoms with van der Waals surface area (Å²) in [5.41, 5.74) is 8.09. The number of rotatable bonds is 1. The van der Waals surface area contributed by atoms with Gasteiger partial charge in [0.05, 0.1) is 14.7 Å². The summed E-state index contributed by atoms with van der Waals surface area (Å²) in [7, 11) is 0. The zero-order chi connectivity index (χ0) is 12.7. The molecule has 1 aromatic heterocycles. The third kappa shape index (κ3) is 2.00. The van der Waals surface area contributed by atoms with Crippen LogP contribution in [0.1, 0.15) is 0 Å². The molecule has 0 atom stereocenters. The van der Waals surface area contributed by atoms with Gasteiger partial charge in [0.25, 0.3) is 0 Å². The van der Waals surface area contributed by atoms with Gasteiger partial charge in [0.15, 0.2) is 0 Å². The molecule has 0 radical (unpaired) electrons. The number of thiazole rings is 1. The second-order valence-electron chi connectivity index (χ2n) is 3.88. The molecule has 5 heteroatoms. The lowest BCUT2D eigenvalue weighted by Gasteiger charge is -1.97. The lowest BCUT2D eigenvalue weighted by Crippen LogP contribution is -1.82. The van der Waals surface area contributed by atoms with Crippen molar-refractivity contribution in [2.45, 2.75) is 0 Å². The van der Waals surface area contributed by atoms with Gasteiger partial charge >= 0.3 is 0 Å². The topological polar surface area (TPSA) is 38.9 Å². The zero-order valence-corrected chi connectivity index (χ0v) is 11.6. The molecule has 0 amide bonds. The van der Waals surface area contributed by atoms with E-state index in [1.807, 2.05) is 24.3 Å². The first-order valence-corrected chi connectivity index (χ1v) is 6.86. The van der Waals surface area contributed by atoms with Crippen LogP contribution in [0.15, 0.2) is 40.9 Å². The SMILES string of the molecule is Nc1ccc2nc(-c3ccc(Br)c(F)c3)sc2c1. The largest absolute Gasteiger partial charge is 0.399 e. The van der Waals surface area contributed by atoms with Gasteiger partial charge in [-0.2, -0.15) is 0 Å². The van der Waals surface area contributed by atoms with E-state index in [0.717, 1.165) is 20.8 Å². The summed E-state index contributed by atoms with van der Waals surface area (Å²) in [5, 5.41) is 0.794. The lowest BCUT2D eigenvalue weighted by molar-refractivity contribution is 0.621. The van der Waals surface area contributed by atoms with E-state index in [-0.39, 0.29) is 5.82 Å². The van der Waals surface area contributed by atoms with E-state index in [0.29, 0.717) is 10.2 Å². The van der Waals surface area contributed by atoms with E-state index in [9.17, 15) is 4.39 Å². The predicted molar refractivity (Wildman–Crippen MR) is 77.1 cm³/mol. The van der Waals surface area contributed by atoms with E-state index < -0.39 is 0 Å². The van der Waals surface area contributed by atoms with Crippen molar-refractivity contribution in [1.82, 2.24) is 4.98 Å². The van der Waals surface area contributed by atoms with Crippen LogP contribution in [0.3, 0.4) is 0 Å². The molecule has 0 spiro atoms. The molecule has 18 heavy (non-hydrogen) atoms. The molecule has 0 saturated heterocycles. The Morgan fingerprint density at radius 2 is 2.00 bits per heavy atom. The molecule has 0 unspecified atom stereocenters. The van der Waals surface area contributed by atoms with Crippen molar-refractivity contribution in [3.63, 3.8) is 0 Å². The Balaban J connectivity index is 2.16. The first-order valence-electron chi connectivity index (χ1n) is 5.25. The van der Waals surface area contributed by atoms with Crippen molar-refractivity contribution in [3.8, 4) is 10.6 Å². The third-order valence-corrected chi connectivity index (χ3v) is 4.29. The molecule has 3 aromatic rings. The maximum absolute atomic E-state index is 13.5. The molecule has 0 aliphatic carbocycles. The Bertz CT molecular complexity index is 739. The molecule has 0 aliphatic heterocycles. The minimum Gasteiger partial charge on any atom is -0.399 e. The summed E-state index contributed by atoms with van der Waals surface area (Å²) in [6, 6.07) is 10.6. The Morgan fingerprint density at radius 1 is 1.17 bits per heavy atom. The maximum Gasteiger partial charge on any atom is 0.138 e. The monoisotopic (exact) mass is 322 g/mol. The number of aromatic nitrogens is 1. The van der Waals surface area contributed by atoms with Gasteiger partial charge in [-0.25, -0.2) is 9.37 Å². The van der Waals surface area contributed by atoms with Crippen LogP contribution in [0.25, 0.3) is 20.8 Å². The molecule has 0 saturated carbocycles. The molecule has 0 bridgehead atoms. The normalized spacial score (nSPS) is 11.0. The van der Waals surface area contributed by atoms with Crippen LogP contribution in [-0.2, 0) is 0 Å². The molecule has 90 valence electrons. The van der Waals surface area contributed by atoms with Crippen LogP contribution < -0.4 is 5.73 Å². The molecule has 0 aliphatic rings. The lowest BCUT2D eigenvalue weighted by atomic mass is 10.2. The van der Waals surface area contributed by atoms with Crippen molar-refractivity contribution in [2.75, 3.05) is 5.73 Å². The fourth-order valence-electron chi connectivity index (χ4n) is 1.69. The molecule has 2 aromatic carbocycles. The third-order valence-electron chi connectivity index (χ3n) is 2.58. The standard InChI is InChI=1S/C13H8BrFN2S/c14-9-3-1-7(5-10(9)15)13-17-11-4-2-8(16)6-12(11)18-13/h1-6H,16H2. The summed E-state index contributed by atoms with van der Waals surface area (Å²) in [4.78, 5) is 4.48. The quantitative estimate of drug-likeness (QED) is 0.672. The van der Waals surface area contributed by atoms with Gasteiger partial charge in [-0.15, -0.1) is 11.3 Å². The van der Waals surface area contributed by atoms with E-state index in [4.69, 9.17) is 5.73 Å². The van der Waals surface area contributed by atoms with Crippen LogP contribution in [0.2, 0.25) is 0 Å². The fraction of sp³-hybridized carbons (Fsp3) is 0. The number of nitrogens with two attached hydrogens (primary N) is 1. The van der Waals surface area contributed by atoms with Crippen molar-refractivity contribution in [1.29, 1.82) is 0 Å². The number of nitrogen functional groups attached to an aromatic ring is 1. The van der Waals surface area contributed by atoms with Crippen molar-refractivity contribution in [3.05, 3.63) is 46.7 Å². The van der Waals surface area contributed by atoms with Gasteiger partial charge in [-0.1, -0.05) is 6.07 Å².